The Kier molecular flexibility index (Phi) is 3.10. The molecule has 1 unspecified atom stereocenters. The second-order valence-corrected chi connectivity index (χ2v) is 4.68. The third-order valence-electron chi connectivity index (χ3n) is 2.39. The normalized spacial score (nSPS) is 12.7. The van der Waals surface area contributed by atoms with Crippen molar-refractivity contribution in [3.05, 3.63) is 56.7 Å². The molecular weight excluding hydrogens is 228 g/mol. The van der Waals surface area contributed by atoms with Crippen LogP contribution in [0.3, 0.4) is 0 Å². The Morgan fingerprint density at radius 3 is 2.80 bits per heavy atom. The van der Waals surface area contributed by atoms with Crippen LogP contribution in [0.25, 0.3) is 0 Å². The Hall–Kier alpha value is -0.830. The number of hydrogen-bond donors (Lipinski definition) is 1. The molecule has 1 N–H and O–H groups in total. The van der Waals surface area contributed by atoms with Gasteiger partial charge in [-0.25, -0.2) is 0 Å². The third-order valence-corrected chi connectivity index (χ3v) is 3.33. The van der Waals surface area contributed by atoms with E-state index in [0.29, 0.717) is 5.02 Å². The smallest absolute Gasteiger partial charge is 0.105 e. The van der Waals surface area contributed by atoms with Gasteiger partial charge in [0.15, 0.2) is 0 Å². The first-order chi connectivity index (χ1) is 7.18. The average Bonchev–Trinajstić information content (AvgIpc) is 2.74. The second kappa shape index (κ2) is 4.35. The van der Waals surface area contributed by atoms with Gasteiger partial charge < -0.3 is 5.11 Å². The fraction of sp³-hybridized carbons (Fsp3) is 0.167. The van der Waals surface area contributed by atoms with Crippen LogP contribution in [0.2, 0.25) is 5.02 Å². The molecule has 0 aliphatic heterocycles. The van der Waals surface area contributed by atoms with Gasteiger partial charge in [-0.2, -0.15) is 11.3 Å². The van der Waals surface area contributed by atoms with E-state index >= 15 is 0 Å². The van der Waals surface area contributed by atoms with Gasteiger partial charge in [-0.1, -0.05) is 17.7 Å². The summed E-state index contributed by atoms with van der Waals surface area (Å²) in [4.78, 5) is 0. The van der Waals surface area contributed by atoms with Crippen molar-refractivity contribution >= 4 is 22.9 Å². The minimum Gasteiger partial charge on any atom is -0.384 e. The molecule has 1 aromatic heterocycles. The molecule has 1 aromatic carbocycles. The van der Waals surface area contributed by atoms with Crippen LogP contribution < -0.4 is 0 Å². The van der Waals surface area contributed by atoms with Crippen LogP contribution in [0.15, 0.2) is 35.0 Å². The molecule has 15 heavy (non-hydrogen) atoms. The Morgan fingerprint density at radius 2 is 2.13 bits per heavy atom. The van der Waals surface area contributed by atoms with Crippen LogP contribution in [0, 0.1) is 6.92 Å². The molecule has 1 heterocycles. The van der Waals surface area contributed by atoms with Crippen molar-refractivity contribution in [3.63, 3.8) is 0 Å². The minimum absolute atomic E-state index is 0.574. The number of halogens is 1. The van der Waals surface area contributed by atoms with Gasteiger partial charge in [0.05, 0.1) is 0 Å². The van der Waals surface area contributed by atoms with Crippen LogP contribution in [0.4, 0.5) is 0 Å². The molecule has 2 rings (SSSR count). The summed E-state index contributed by atoms with van der Waals surface area (Å²) < 4.78 is 0. The quantitative estimate of drug-likeness (QED) is 0.844. The minimum atomic E-state index is -0.574. The van der Waals surface area contributed by atoms with Crippen molar-refractivity contribution in [3.8, 4) is 0 Å². The SMILES string of the molecule is Cc1ccc(Cl)cc1C(O)c1ccsc1. The first-order valence-corrected chi connectivity index (χ1v) is 5.97. The van der Waals surface area contributed by atoms with Gasteiger partial charge >= 0.3 is 0 Å². The highest BCUT2D eigenvalue weighted by atomic mass is 35.5. The molecule has 0 spiro atoms. The van der Waals surface area contributed by atoms with Gasteiger partial charge in [0.2, 0.25) is 0 Å². The lowest BCUT2D eigenvalue weighted by Gasteiger charge is -2.12. The fourth-order valence-corrected chi connectivity index (χ4v) is 2.38. The Bertz CT molecular complexity index is 451. The Morgan fingerprint density at radius 1 is 1.33 bits per heavy atom. The highest BCUT2D eigenvalue weighted by molar-refractivity contribution is 7.07. The van der Waals surface area contributed by atoms with E-state index in [1.807, 2.05) is 41.9 Å². The summed E-state index contributed by atoms with van der Waals surface area (Å²) in [7, 11) is 0. The van der Waals surface area contributed by atoms with Gasteiger partial charge in [-0.05, 0) is 52.6 Å². The molecule has 0 bridgehead atoms. The van der Waals surface area contributed by atoms with E-state index in [2.05, 4.69) is 0 Å². The zero-order valence-electron chi connectivity index (χ0n) is 8.27. The zero-order chi connectivity index (χ0) is 10.8. The maximum absolute atomic E-state index is 10.1. The molecule has 0 fully saturated rings. The van der Waals surface area contributed by atoms with Crippen molar-refractivity contribution in [2.45, 2.75) is 13.0 Å². The molecule has 0 saturated heterocycles. The zero-order valence-corrected chi connectivity index (χ0v) is 9.85. The molecule has 2 aromatic rings. The van der Waals surface area contributed by atoms with Crippen LogP contribution in [0.5, 0.6) is 0 Å². The van der Waals surface area contributed by atoms with E-state index in [-0.39, 0.29) is 0 Å². The predicted octanol–water partition coefficient (Wildman–Crippen LogP) is 3.79. The summed E-state index contributed by atoms with van der Waals surface area (Å²) in [6.45, 7) is 1.97. The summed E-state index contributed by atoms with van der Waals surface area (Å²) in [5, 5.41) is 14.7. The standard InChI is InChI=1S/C12H11ClOS/c1-8-2-3-10(13)6-11(8)12(14)9-4-5-15-7-9/h2-7,12,14H,1H3. The first-order valence-electron chi connectivity index (χ1n) is 4.64. The maximum Gasteiger partial charge on any atom is 0.105 e. The largest absolute Gasteiger partial charge is 0.384 e. The van der Waals surface area contributed by atoms with E-state index in [1.54, 1.807) is 11.3 Å². The van der Waals surface area contributed by atoms with Gasteiger partial charge in [0.1, 0.15) is 6.10 Å². The molecule has 0 saturated carbocycles. The number of thiophene rings is 1. The molecule has 0 radical (unpaired) electrons. The lowest BCUT2D eigenvalue weighted by Crippen LogP contribution is -2.00. The summed E-state index contributed by atoms with van der Waals surface area (Å²) in [5.74, 6) is 0. The molecule has 0 aliphatic carbocycles. The van der Waals surface area contributed by atoms with E-state index in [4.69, 9.17) is 11.6 Å². The summed E-state index contributed by atoms with van der Waals surface area (Å²) >= 11 is 7.49. The number of aliphatic hydroxyl groups excluding tert-OH is 1. The number of aliphatic hydroxyl groups is 1. The molecule has 1 atom stereocenters. The highest BCUT2D eigenvalue weighted by Crippen LogP contribution is 2.28. The summed E-state index contributed by atoms with van der Waals surface area (Å²) in [6.07, 6.45) is -0.574. The van der Waals surface area contributed by atoms with Crippen LogP contribution in [-0.2, 0) is 0 Å². The number of rotatable bonds is 2. The van der Waals surface area contributed by atoms with Crippen molar-refractivity contribution in [2.75, 3.05) is 0 Å². The molecule has 78 valence electrons. The number of hydrogen-bond acceptors (Lipinski definition) is 2. The molecule has 3 heteroatoms. The maximum atomic E-state index is 10.1. The lowest BCUT2D eigenvalue weighted by atomic mass is 10.00. The topological polar surface area (TPSA) is 20.2 Å². The van der Waals surface area contributed by atoms with Gasteiger partial charge in [0, 0.05) is 5.02 Å². The lowest BCUT2D eigenvalue weighted by molar-refractivity contribution is 0.220. The van der Waals surface area contributed by atoms with Crippen LogP contribution in [-0.4, -0.2) is 5.11 Å². The molecule has 0 aliphatic rings. The van der Waals surface area contributed by atoms with Gasteiger partial charge in [0.25, 0.3) is 0 Å². The number of aryl methyl sites for hydroxylation is 1. The van der Waals surface area contributed by atoms with E-state index in [0.717, 1.165) is 16.7 Å². The van der Waals surface area contributed by atoms with E-state index in [1.165, 1.54) is 0 Å². The summed E-state index contributed by atoms with van der Waals surface area (Å²) in [6, 6.07) is 7.50. The van der Waals surface area contributed by atoms with Crippen LogP contribution >= 0.6 is 22.9 Å². The second-order valence-electron chi connectivity index (χ2n) is 3.46. The van der Waals surface area contributed by atoms with Crippen LogP contribution in [0.1, 0.15) is 22.8 Å². The molecule has 1 nitrogen and oxygen atoms in total. The van der Waals surface area contributed by atoms with Crippen molar-refractivity contribution in [1.29, 1.82) is 0 Å². The van der Waals surface area contributed by atoms with Crippen molar-refractivity contribution in [2.24, 2.45) is 0 Å². The predicted molar refractivity (Wildman–Crippen MR) is 64.6 cm³/mol. The molecular formula is C12H11ClOS. The molecule has 0 amide bonds. The van der Waals surface area contributed by atoms with E-state index in [9.17, 15) is 5.11 Å². The Labute approximate surface area is 98.0 Å². The third kappa shape index (κ3) is 2.23. The Balaban J connectivity index is 2.41. The number of benzene rings is 1. The monoisotopic (exact) mass is 238 g/mol. The fourth-order valence-electron chi connectivity index (χ4n) is 1.52. The van der Waals surface area contributed by atoms with E-state index < -0.39 is 6.10 Å². The van der Waals surface area contributed by atoms with Gasteiger partial charge in [-0.3, -0.25) is 0 Å². The van der Waals surface area contributed by atoms with Crippen molar-refractivity contribution in [1.82, 2.24) is 0 Å². The summed E-state index contributed by atoms with van der Waals surface area (Å²) in [5.41, 5.74) is 2.85. The van der Waals surface area contributed by atoms with Gasteiger partial charge in [-0.15, -0.1) is 0 Å². The first kappa shape index (κ1) is 10.7. The average molecular weight is 239 g/mol. The van der Waals surface area contributed by atoms with Crippen molar-refractivity contribution < 1.29 is 5.11 Å². The highest BCUT2D eigenvalue weighted by Gasteiger charge is 2.13.